The van der Waals surface area contributed by atoms with Gasteiger partial charge in [-0.1, -0.05) is 0 Å². The van der Waals surface area contributed by atoms with E-state index in [0.29, 0.717) is 55.6 Å². The molecule has 1 aliphatic heterocycles. The third-order valence-electron chi connectivity index (χ3n) is 4.80. The van der Waals surface area contributed by atoms with Crippen molar-refractivity contribution < 1.29 is 23.1 Å². The minimum Gasteiger partial charge on any atom is -0.481 e. The summed E-state index contributed by atoms with van der Waals surface area (Å²) in [5.41, 5.74) is 7.66. The number of rotatable bonds is 6. The summed E-state index contributed by atoms with van der Waals surface area (Å²) in [6.07, 6.45) is -0.399. The first kappa shape index (κ1) is 24.3. The lowest BCUT2D eigenvalue weighted by Gasteiger charge is -2.21. The van der Waals surface area contributed by atoms with Crippen LogP contribution in [0.5, 0.6) is 0 Å². The second-order valence-electron chi connectivity index (χ2n) is 6.52. The van der Waals surface area contributed by atoms with Crippen molar-refractivity contribution in [2.24, 2.45) is 11.7 Å². The molecule has 1 aromatic heterocycles. The Bertz CT molecular complexity index is 825. The first-order chi connectivity index (χ1) is 12.3. The molecule has 0 saturated carbocycles. The number of fused-ring (bicyclic) bond motifs is 3. The van der Waals surface area contributed by atoms with E-state index < -0.39 is 23.6 Å². The van der Waals surface area contributed by atoms with E-state index in [2.05, 4.69) is 4.98 Å². The number of hydrogen-bond acceptors (Lipinski definition) is 3. The zero-order valence-corrected chi connectivity index (χ0v) is 16.5. The van der Waals surface area contributed by atoms with Gasteiger partial charge in [-0.25, -0.2) is 4.98 Å². The molecule has 2 heterocycles. The van der Waals surface area contributed by atoms with Gasteiger partial charge in [-0.15, -0.1) is 24.8 Å². The number of hydrogen-bond donors (Lipinski definition) is 2. The van der Waals surface area contributed by atoms with Gasteiger partial charge in [0, 0.05) is 17.8 Å². The number of halogens is 5. The number of benzene rings is 1. The third kappa shape index (κ3) is 4.98. The molecule has 0 saturated heterocycles. The van der Waals surface area contributed by atoms with Crippen LogP contribution in [0.25, 0.3) is 5.69 Å². The Morgan fingerprint density at radius 1 is 1.29 bits per heavy atom. The highest BCUT2D eigenvalue weighted by atomic mass is 35.5. The molecule has 0 spiro atoms. The van der Waals surface area contributed by atoms with E-state index >= 15 is 0 Å². The molecule has 1 aliphatic rings. The Kier molecular flexibility index (Phi) is 8.34. The lowest BCUT2D eigenvalue weighted by Crippen LogP contribution is -2.20. The van der Waals surface area contributed by atoms with Crippen LogP contribution in [-0.4, -0.2) is 27.2 Å². The second kappa shape index (κ2) is 9.62. The van der Waals surface area contributed by atoms with Crippen molar-refractivity contribution in [3.8, 4) is 5.69 Å². The highest BCUT2D eigenvalue weighted by molar-refractivity contribution is 5.85. The van der Waals surface area contributed by atoms with Gasteiger partial charge < -0.3 is 15.4 Å². The summed E-state index contributed by atoms with van der Waals surface area (Å²) < 4.78 is 40.5. The number of aromatic nitrogens is 2. The summed E-state index contributed by atoms with van der Waals surface area (Å²) in [5.74, 6) is -1.45. The first-order valence-electron chi connectivity index (χ1n) is 8.49. The van der Waals surface area contributed by atoms with Crippen LogP contribution >= 0.6 is 24.8 Å². The van der Waals surface area contributed by atoms with E-state index in [1.54, 1.807) is 10.9 Å². The molecule has 1 atom stereocenters. The van der Waals surface area contributed by atoms with E-state index in [1.807, 2.05) is 0 Å². The van der Waals surface area contributed by atoms with Crippen molar-refractivity contribution in [3.63, 3.8) is 0 Å². The molecule has 0 aliphatic carbocycles. The van der Waals surface area contributed by atoms with Crippen molar-refractivity contribution in [1.82, 2.24) is 9.55 Å². The van der Waals surface area contributed by atoms with Gasteiger partial charge >= 0.3 is 12.1 Å². The van der Waals surface area contributed by atoms with Crippen molar-refractivity contribution in [1.29, 1.82) is 0 Å². The van der Waals surface area contributed by atoms with Crippen LogP contribution in [0.3, 0.4) is 0 Å². The van der Waals surface area contributed by atoms with E-state index in [9.17, 15) is 23.1 Å². The zero-order chi connectivity index (χ0) is 18.9. The number of imidazole rings is 1. The number of aliphatic carboxylic acids is 1. The molecule has 1 aromatic carbocycles. The smallest absolute Gasteiger partial charge is 0.416 e. The second-order valence-corrected chi connectivity index (χ2v) is 6.52. The molecule has 5 nitrogen and oxygen atoms in total. The molecule has 0 fully saturated rings. The van der Waals surface area contributed by atoms with Gasteiger partial charge in [-0.05, 0) is 56.0 Å². The van der Waals surface area contributed by atoms with Crippen LogP contribution in [0.2, 0.25) is 0 Å². The Balaban J connectivity index is 0.00000196. The summed E-state index contributed by atoms with van der Waals surface area (Å²) >= 11 is 0. The van der Waals surface area contributed by atoms with Crippen molar-refractivity contribution in [2.75, 3.05) is 6.54 Å². The van der Waals surface area contributed by atoms with Crippen molar-refractivity contribution in [3.05, 3.63) is 47.0 Å². The number of nitrogens with zero attached hydrogens (tertiary/aromatic N) is 2. The predicted octanol–water partition coefficient (Wildman–Crippen LogP) is 3.82. The summed E-state index contributed by atoms with van der Waals surface area (Å²) in [6.45, 7) is 0.431. The third-order valence-corrected chi connectivity index (χ3v) is 4.80. The van der Waals surface area contributed by atoms with Crippen LogP contribution in [0.4, 0.5) is 13.2 Å². The first-order valence-corrected chi connectivity index (χ1v) is 8.49. The lowest BCUT2D eigenvalue weighted by atomic mass is 9.93. The van der Waals surface area contributed by atoms with Crippen LogP contribution < -0.4 is 5.73 Å². The fourth-order valence-corrected chi connectivity index (χ4v) is 3.41. The quantitative estimate of drug-likeness (QED) is 0.716. The lowest BCUT2D eigenvalue weighted by molar-refractivity contribution is -0.142. The van der Waals surface area contributed by atoms with E-state index in [4.69, 9.17) is 5.73 Å². The van der Waals surface area contributed by atoms with E-state index in [-0.39, 0.29) is 24.8 Å². The van der Waals surface area contributed by atoms with Crippen LogP contribution in [0, 0.1) is 5.92 Å². The molecule has 0 amide bonds. The highest BCUT2D eigenvalue weighted by Gasteiger charge is 2.32. The summed E-state index contributed by atoms with van der Waals surface area (Å²) in [5, 5.41) is 9.39. The Hall–Kier alpha value is -1.77. The molecule has 3 rings (SSSR count). The topological polar surface area (TPSA) is 81.1 Å². The minimum atomic E-state index is -4.37. The van der Waals surface area contributed by atoms with E-state index in [0.717, 1.165) is 11.8 Å². The molecule has 3 N–H and O–H groups in total. The molecular weight excluding hydrogens is 418 g/mol. The minimum absolute atomic E-state index is 0. The standard InChI is InChI=1S/C18H20F3N3O2.2ClH/c19-18(20,21)13-4-6-15-11(8-13)3-5-16-14(23-10-24(15)16)9-12(17(25)26)2-1-7-22;;/h4,6,8,10,12H,1-3,5,7,9,22H2,(H,25,26);2*1H. The van der Waals surface area contributed by atoms with Gasteiger partial charge in [0.25, 0.3) is 0 Å². The SMILES string of the molecule is Cl.Cl.NCCCC(Cc1ncn2c1CCc1cc(C(F)(F)F)ccc1-2)C(=O)O. The van der Waals surface area contributed by atoms with Crippen molar-refractivity contribution in [2.45, 2.75) is 38.3 Å². The monoisotopic (exact) mass is 439 g/mol. The van der Waals surface area contributed by atoms with Gasteiger partial charge in [0.1, 0.15) is 0 Å². The number of carbonyl (C=O) groups is 1. The molecule has 2 aromatic rings. The Morgan fingerprint density at radius 3 is 2.61 bits per heavy atom. The fraction of sp³-hybridized carbons (Fsp3) is 0.444. The number of carboxylic acids is 1. The normalized spacial score (nSPS) is 13.6. The number of alkyl halides is 3. The van der Waals surface area contributed by atoms with Gasteiger partial charge in [0.05, 0.1) is 23.5 Å². The highest BCUT2D eigenvalue weighted by Crippen LogP contribution is 2.34. The van der Waals surface area contributed by atoms with Crippen LogP contribution in [-0.2, 0) is 30.2 Å². The molecule has 10 heteroatoms. The van der Waals surface area contributed by atoms with Crippen LogP contribution in [0.15, 0.2) is 24.5 Å². The molecular formula is C18H22Cl2F3N3O2. The number of nitrogens with two attached hydrogens (primary N) is 1. The van der Waals surface area contributed by atoms with Gasteiger partial charge in [-0.3, -0.25) is 4.79 Å². The maximum atomic E-state index is 12.9. The maximum Gasteiger partial charge on any atom is 0.416 e. The molecule has 156 valence electrons. The van der Waals surface area contributed by atoms with Gasteiger partial charge in [0.15, 0.2) is 0 Å². The average molecular weight is 440 g/mol. The largest absolute Gasteiger partial charge is 0.481 e. The molecule has 28 heavy (non-hydrogen) atoms. The van der Waals surface area contributed by atoms with Gasteiger partial charge in [0.2, 0.25) is 0 Å². The van der Waals surface area contributed by atoms with Crippen molar-refractivity contribution >= 4 is 30.8 Å². The summed E-state index contributed by atoms with van der Waals surface area (Å²) in [4.78, 5) is 15.8. The maximum absolute atomic E-state index is 12.9. The van der Waals surface area contributed by atoms with E-state index in [1.165, 1.54) is 12.1 Å². The summed E-state index contributed by atoms with van der Waals surface area (Å²) in [7, 11) is 0. The Morgan fingerprint density at radius 2 is 2.00 bits per heavy atom. The zero-order valence-electron chi connectivity index (χ0n) is 14.9. The Labute approximate surface area is 173 Å². The molecule has 0 bridgehead atoms. The number of carboxylic acid groups (broad SMARTS) is 1. The average Bonchev–Trinajstić information content (AvgIpc) is 3.00. The molecule has 0 radical (unpaired) electrons. The molecule has 1 unspecified atom stereocenters. The van der Waals surface area contributed by atoms with Gasteiger partial charge in [-0.2, -0.15) is 13.2 Å². The number of aryl methyl sites for hydroxylation is 1. The predicted molar refractivity (Wildman–Crippen MR) is 104 cm³/mol. The fourth-order valence-electron chi connectivity index (χ4n) is 3.41. The van der Waals surface area contributed by atoms with Crippen LogP contribution in [0.1, 0.15) is 35.4 Å². The summed E-state index contributed by atoms with van der Waals surface area (Å²) in [6, 6.07) is 3.70.